The first-order chi connectivity index (χ1) is 16.1. The van der Waals surface area contributed by atoms with Gasteiger partial charge in [-0.25, -0.2) is 8.42 Å². The Labute approximate surface area is 202 Å². The van der Waals surface area contributed by atoms with Crippen molar-refractivity contribution in [2.75, 3.05) is 23.7 Å². The van der Waals surface area contributed by atoms with E-state index in [1.54, 1.807) is 24.3 Å². The Kier molecular flexibility index (Phi) is 8.47. The molecule has 0 spiro atoms. The van der Waals surface area contributed by atoms with Gasteiger partial charge < -0.3 is 10.1 Å². The molecule has 0 aliphatic heterocycles. The number of carbonyl (C=O) groups excluding carboxylic acids is 1. The molecule has 0 atom stereocenters. The molecule has 3 rings (SSSR count). The fourth-order valence-corrected chi connectivity index (χ4v) is 4.96. The summed E-state index contributed by atoms with van der Waals surface area (Å²) in [6.45, 7) is 7.35. The molecule has 0 heterocycles. The maximum absolute atomic E-state index is 12.6. The van der Waals surface area contributed by atoms with Crippen molar-refractivity contribution in [3.8, 4) is 0 Å². The molecule has 0 saturated carbocycles. The largest absolute Gasteiger partial charge is 0.375 e. The van der Waals surface area contributed by atoms with Crippen molar-refractivity contribution in [3.05, 3.63) is 100 Å². The highest BCUT2D eigenvalue weighted by molar-refractivity contribution is 7.92. The molecular weight excluding hydrogens is 448 g/mol. The van der Waals surface area contributed by atoms with Crippen LogP contribution in [0.15, 0.2) is 66.7 Å². The Bertz CT molecular complexity index is 1200. The van der Waals surface area contributed by atoms with Gasteiger partial charge in [0, 0.05) is 12.1 Å². The van der Waals surface area contributed by atoms with E-state index in [1.165, 1.54) is 10.6 Å². The zero-order valence-electron chi connectivity index (χ0n) is 20.2. The summed E-state index contributed by atoms with van der Waals surface area (Å²) >= 11 is 0. The van der Waals surface area contributed by atoms with Crippen LogP contribution in [0.1, 0.15) is 38.2 Å². The van der Waals surface area contributed by atoms with Crippen LogP contribution in [0, 0.1) is 20.8 Å². The van der Waals surface area contributed by atoms with Crippen LogP contribution in [-0.4, -0.2) is 33.7 Å². The van der Waals surface area contributed by atoms with E-state index in [4.69, 9.17) is 4.74 Å². The fraction of sp³-hybridized carbons (Fsp3) is 0.296. The molecule has 7 heteroatoms. The summed E-state index contributed by atoms with van der Waals surface area (Å²) < 4.78 is 32.2. The summed E-state index contributed by atoms with van der Waals surface area (Å²) in [7, 11) is -3.50. The predicted octanol–water partition coefficient (Wildman–Crippen LogP) is 4.52. The van der Waals surface area contributed by atoms with Gasteiger partial charge >= 0.3 is 0 Å². The van der Waals surface area contributed by atoms with Crippen LogP contribution in [0.25, 0.3) is 0 Å². The summed E-state index contributed by atoms with van der Waals surface area (Å²) in [5.74, 6) is -0.194. The highest BCUT2D eigenvalue weighted by Crippen LogP contribution is 2.29. The number of rotatable bonds is 10. The lowest BCUT2D eigenvalue weighted by Crippen LogP contribution is -2.31. The Hall–Kier alpha value is -3.16. The van der Waals surface area contributed by atoms with E-state index in [0.717, 1.165) is 27.8 Å². The monoisotopic (exact) mass is 480 g/mol. The van der Waals surface area contributed by atoms with Gasteiger partial charge in [0.05, 0.1) is 31.7 Å². The molecule has 180 valence electrons. The highest BCUT2D eigenvalue weighted by atomic mass is 32.2. The van der Waals surface area contributed by atoms with Gasteiger partial charge in [-0.2, -0.15) is 0 Å². The Morgan fingerprint density at radius 2 is 1.53 bits per heavy atom. The van der Waals surface area contributed by atoms with Crippen molar-refractivity contribution < 1.29 is 17.9 Å². The number of ether oxygens (including phenoxy) is 1. The molecule has 0 bridgehead atoms. The number of benzene rings is 3. The summed E-state index contributed by atoms with van der Waals surface area (Å²) in [6.07, 6.45) is 1.22. The van der Waals surface area contributed by atoms with Crippen molar-refractivity contribution in [1.82, 2.24) is 5.32 Å². The minimum atomic E-state index is -3.50. The zero-order valence-corrected chi connectivity index (χ0v) is 21.0. The summed E-state index contributed by atoms with van der Waals surface area (Å²) in [5, 5.41) is 2.85. The SMILES string of the molecule is Cc1cc(C)c(N(Cc2ccc(C(=O)NCCOCc3ccccc3)cc2)S(C)(=O)=O)c(C)c1. The second kappa shape index (κ2) is 11.3. The standard InChI is InChI=1S/C27H32N2O4S/c1-20-16-21(2)26(22(3)17-20)29(34(4,31)32)18-23-10-12-25(13-11-23)27(30)28-14-15-33-19-24-8-6-5-7-9-24/h5-13,16-17H,14-15,18-19H2,1-4H3,(H,28,30). The van der Waals surface area contributed by atoms with E-state index < -0.39 is 10.0 Å². The number of sulfonamides is 1. The lowest BCUT2D eigenvalue weighted by molar-refractivity contribution is 0.0901. The Morgan fingerprint density at radius 1 is 0.912 bits per heavy atom. The van der Waals surface area contributed by atoms with Crippen LogP contribution in [-0.2, 0) is 27.9 Å². The second-order valence-corrected chi connectivity index (χ2v) is 10.4. The summed E-state index contributed by atoms with van der Waals surface area (Å²) in [4.78, 5) is 12.4. The minimum absolute atomic E-state index is 0.193. The van der Waals surface area contributed by atoms with Crippen molar-refractivity contribution >= 4 is 21.6 Å². The molecule has 3 aromatic rings. The number of hydrogen-bond donors (Lipinski definition) is 1. The lowest BCUT2D eigenvalue weighted by Gasteiger charge is -2.26. The third kappa shape index (κ3) is 6.92. The number of aryl methyl sites for hydroxylation is 3. The Balaban J connectivity index is 1.60. The van der Waals surface area contributed by atoms with Crippen LogP contribution in [0.3, 0.4) is 0 Å². The van der Waals surface area contributed by atoms with Crippen LogP contribution in [0.4, 0.5) is 5.69 Å². The molecule has 1 N–H and O–H groups in total. The number of carbonyl (C=O) groups is 1. The molecule has 0 saturated heterocycles. The molecule has 1 amide bonds. The average Bonchev–Trinajstić information content (AvgIpc) is 2.78. The summed E-state index contributed by atoms with van der Waals surface area (Å²) in [6, 6.07) is 20.8. The predicted molar refractivity (Wildman–Crippen MR) is 137 cm³/mol. The molecule has 34 heavy (non-hydrogen) atoms. The third-order valence-corrected chi connectivity index (χ3v) is 6.58. The first kappa shape index (κ1) is 25.5. The van der Waals surface area contributed by atoms with E-state index in [0.29, 0.717) is 31.0 Å². The van der Waals surface area contributed by atoms with E-state index in [1.807, 2.05) is 63.2 Å². The van der Waals surface area contributed by atoms with Gasteiger partial charge in [0.25, 0.3) is 5.91 Å². The number of anilines is 1. The van der Waals surface area contributed by atoms with Crippen LogP contribution < -0.4 is 9.62 Å². The van der Waals surface area contributed by atoms with Crippen LogP contribution >= 0.6 is 0 Å². The minimum Gasteiger partial charge on any atom is -0.375 e. The van der Waals surface area contributed by atoms with E-state index in [2.05, 4.69) is 5.32 Å². The molecule has 0 radical (unpaired) electrons. The van der Waals surface area contributed by atoms with Crippen LogP contribution in [0.5, 0.6) is 0 Å². The molecule has 0 fully saturated rings. The molecule has 0 aromatic heterocycles. The highest BCUT2D eigenvalue weighted by Gasteiger charge is 2.22. The first-order valence-electron chi connectivity index (χ1n) is 11.2. The van der Waals surface area contributed by atoms with Gasteiger partial charge in [0.15, 0.2) is 0 Å². The molecule has 3 aromatic carbocycles. The zero-order chi connectivity index (χ0) is 24.7. The van der Waals surface area contributed by atoms with Crippen LogP contribution in [0.2, 0.25) is 0 Å². The smallest absolute Gasteiger partial charge is 0.251 e. The Morgan fingerprint density at radius 3 is 2.12 bits per heavy atom. The molecule has 0 aliphatic rings. The topological polar surface area (TPSA) is 75.7 Å². The molecule has 0 aliphatic carbocycles. The van der Waals surface area contributed by atoms with Crippen molar-refractivity contribution in [1.29, 1.82) is 0 Å². The maximum atomic E-state index is 12.6. The van der Waals surface area contributed by atoms with Crippen molar-refractivity contribution in [2.45, 2.75) is 33.9 Å². The number of hydrogen-bond acceptors (Lipinski definition) is 4. The molecule has 0 unspecified atom stereocenters. The van der Waals surface area contributed by atoms with Crippen molar-refractivity contribution in [2.24, 2.45) is 0 Å². The lowest BCUT2D eigenvalue weighted by atomic mass is 10.0. The van der Waals surface area contributed by atoms with Gasteiger partial charge in [-0.15, -0.1) is 0 Å². The van der Waals surface area contributed by atoms with Gasteiger partial charge in [-0.3, -0.25) is 9.10 Å². The van der Waals surface area contributed by atoms with E-state index in [9.17, 15) is 13.2 Å². The average molecular weight is 481 g/mol. The van der Waals surface area contributed by atoms with Crippen molar-refractivity contribution in [3.63, 3.8) is 0 Å². The normalized spacial score (nSPS) is 11.3. The first-order valence-corrected chi connectivity index (χ1v) is 13.0. The maximum Gasteiger partial charge on any atom is 0.251 e. The number of amides is 1. The second-order valence-electron chi connectivity index (χ2n) is 8.51. The van der Waals surface area contributed by atoms with Gasteiger partial charge in [-0.05, 0) is 55.2 Å². The quantitative estimate of drug-likeness (QED) is 0.433. The fourth-order valence-electron chi connectivity index (χ4n) is 3.96. The van der Waals surface area contributed by atoms with Gasteiger partial charge in [0.1, 0.15) is 0 Å². The van der Waals surface area contributed by atoms with Gasteiger partial charge in [0.2, 0.25) is 10.0 Å². The summed E-state index contributed by atoms with van der Waals surface area (Å²) in [5.41, 5.74) is 6.01. The third-order valence-electron chi connectivity index (χ3n) is 5.47. The van der Waals surface area contributed by atoms with Gasteiger partial charge in [-0.1, -0.05) is 60.2 Å². The number of nitrogens with zero attached hydrogens (tertiary/aromatic N) is 1. The van der Waals surface area contributed by atoms with E-state index in [-0.39, 0.29) is 12.5 Å². The number of nitrogens with one attached hydrogen (secondary N) is 1. The molecular formula is C27H32N2O4S. The van der Waals surface area contributed by atoms with E-state index >= 15 is 0 Å². The molecule has 6 nitrogen and oxygen atoms in total.